The van der Waals surface area contributed by atoms with Crippen LogP contribution in [0.1, 0.15) is 35.1 Å². The van der Waals surface area contributed by atoms with Gasteiger partial charge in [-0.2, -0.15) is 0 Å². The second-order valence-corrected chi connectivity index (χ2v) is 9.57. The van der Waals surface area contributed by atoms with Crippen LogP contribution in [0, 0.1) is 0 Å². The highest BCUT2D eigenvalue weighted by Gasteiger charge is 2.41. The molecule has 0 saturated heterocycles. The van der Waals surface area contributed by atoms with Gasteiger partial charge in [-0.3, -0.25) is 4.79 Å². The Labute approximate surface area is 216 Å². The van der Waals surface area contributed by atoms with Gasteiger partial charge >= 0.3 is 0 Å². The fraction of sp³-hybridized carbons (Fsp3) is 0.167. The van der Waals surface area contributed by atoms with E-state index in [1.807, 2.05) is 91.9 Å². The van der Waals surface area contributed by atoms with Gasteiger partial charge in [0.15, 0.2) is 5.60 Å². The molecule has 0 fully saturated rings. The number of carbonyl (C=O) groups excluding carboxylic acids is 1. The maximum atomic E-state index is 13.8. The van der Waals surface area contributed by atoms with Crippen molar-refractivity contribution in [3.63, 3.8) is 0 Å². The van der Waals surface area contributed by atoms with Crippen molar-refractivity contribution in [1.29, 1.82) is 0 Å². The minimum Gasteiger partial charge on any atom is -0.372 e. The molecule has 35 heavy (non-hydrogen) atoms. The van der Waals surface area contributed by atoms with Crippen molar-refractivity contribution in [2.75, 3.05) is 0 Å². The van der Waals surface area contributed by atoms with Gasteiger partial charge in [0.2, 0.25) is 0 Å². The summed E-state index contributed by atoms with van der Waals surface area (Å²) in [5, 5.41) is 16.3. The summed E-state index contributed by atoms with van der Waals surface area (Å²) in [6.07, 6.45) is 0.676. The highest BCUT2D eigenvalue weighted by atomic mass is 35.5. The Kier molecular flexibility index (Phi) is 7.92. The Bertz CT molecular complexity index is 1200. The molecule has 0 radical (unpaired) electrons. The molecule has 178 valence electrons. The van der Waals surface area contributed by atoms with Crippen molar-refractivity contribution in [3.05, 3.63) is 141 Å². The smallest absolute Gasteiger partial charge is 0.261 e. The molecule has 0 aliphatic heterocycles. The van der Waals surface area contributed by atoms with Crippen LogP contribution in [0.2, 0.25) is 10.0 Å². The summed E-state index contributed by atoms with van der Waals surface area (Å²) in [5.41, 5.74) is 1.33. The molecule has 2 N–H and O–H groups in total. The first kappa shape index (κ1) is 25.0. The van der Waals surface area contributed by atoms with E-state index in [1.165, 1.54) is 0 Å². The van der Waals surface area contributed by atoms with Gasteiger partial charge in [-0.1, -0.05) is 108 Å². The first-order valence-electron chi connectivity index (χ1n) is 11.5. The van der Waals surface area contributed by atoms with E-state index in [0.717, 1.165) is 11.1 Å². The van der Waals surface area contributed by atoms with Crippen LogP contribution in [0.5, 0.6) is 0 Å². The molecule has 0 aliphatic rings. The van der Waals surface area contributed by atoms with Crippen LogP contribution in [0.25, 0.3) is 0 Å². The number of aliphatic hydroxyl groups is 1. The number of halogens is 2. The van der Waals surface area contributed by atoms with Crippen LogP contribution in [0.3, 0.4) is 0 Å². The zero-order chi connectivity index (χ0) is 24.8. The topological polar surface area (TPSA) is 49.3 Å². The summed E-state index contributed by atoms with van der Waals surface area (Å²) in [7, 11) is 0. The van der Waals surface area contributed by atoms with E-state index in [1.54, 1.807) is 24.3 Å². The summed E-state index contributed by atoms with van der Waals surface area (Å²) in [5.74, 6) is -0.536. The Morgan fingerprint density at radius 2 is 1.23 bits per heavy atom. The minimum atomic E-state index is -1.83. The molecule has 4 aromatic rings. The molecule has 5 heteroatoms. The SMILES string of the molecule is C[C@@H](NC(=O)C(O)(c1ccccc1)c1ccccc1)[C@H](Cc1ccc(Cl)cc1)c1ccc(Cl)cc1. The molecule has 3 nitrogen and oxygen atoms in total. The number of carbonyl (C=O) groups is 1. The van der Waals surface area contributed by atoms with E-state index >= 15 is 0 Å². The van der Waals surface area contributed by atoms with Gasteiger partial charge in [0.25, 0.3) is 5.91 Å². The quantitative estimate of drug-likeness (QED) is 0.279. The number of hydrogen-bond acceptors (Lipinski definition) is 2. The monoisotopic (exact) mass is 503 g/mol. The zero-order valence-corrected chi connectivity index (χ0v) is 20.9. The maximum absolute atomic E-state index is 13.8. The minimum absolute atomic E-state index is 0.0619. The number of nitrogens with one attached hydrogen (secondary N) is 1. The summed E-state index contributed by atoms with van der Waals surface area (Å²) in [4.78, 5) is 13.8. The van der Waals surface area contributed by atoms with Crippen molar-refractivity contribution < 1.29 is 9.90 Å². The van der Waals surface area contributed by atoms with E-state index in [4.69, 9.17) is 23.2 Å². The standard InChI is InChI=1S/C30H27Cl2NO2/c1-21(28(23-14-18-27(32)19-15-23)20-22-12-16-26(31)17-13-22)33-29(34)30(35,24-8-4-2-5-9-24)25-10-6-3-7-11-25/h2-19,21,28,35H,20H2,1H3,(H,33,34)/t21-,28+/m1/s1. The van der Waals surface area contributed by atoms with E-state index in [9.17, 15) is 9.90 Å². The lowest BCUT2D eigenvalue weighted by Gasteiger charge is -2.32. The Balaban J connectivity index is 1.67. The van der Waals surface area contributed by atoms with Gasteiger partial charge in [-0.15, -0.1) is 0 Å². The van der Waals surface area contributed by atoms with E-state index < -0.39 is 11.5 Å². The van der Waals surface area contributed by atoms with Gasteiger partial charge in [0.05, 0.1) is 0 Å². The Hall–Kier alpha value is -3.11. The first-order valence-corrected chi connectivity index (χ1v) is 12.3. The van der Waals surface area contributed by atoms with Gasteiger partial charge in [0.1, 0.15) is 0 Å². The molecule has 0 aromatic heterocycles. The van der Waals surface area contributed by atoms with Crippen molar-refractivity contribution >= 4 is 29.1 Å². The lowest BCUT2D eigenvalue weighted by Crippen LogP contribution is -2.50. The normalized spacial score (nSPS) is 13.1. The van der Waals surface area contributed by atoms with Crippen molar-refractivity contribution in [2.45, 2.75) is 30.9 Å². The largest absolute Gasteiger partial charge is 0.372 e. The van der Waals surface area contributed by atoms with E-state index in [2.05, 4.69) is 5.32 Å². The van der Waals surface area contributed by atoms with Gasteiger partial charge < -0.3 is 10.4 Å². The number of amides is 1. The van der Waals surface area contributed by atoms with Crippen molar-refractivity contribution in [3.8, 4) is 0 Å². The molecular weight excluding hydrogens is 477 g/mol. The predicted octanol–water partition coefficient (Wildman–Crippen LogP) is 6.76. The second kappa shape index (κ2) is 11.1. The fourth-order valence-corrected chi connectivity index (χ4v) is 4.62. The van der Waals surface area contributed by atoms with Crippen LogP contribution in [-0.2, 0) is 16.8 Å². The predicted molar refractivity (Wildman–Crippen MR) is 143 cm³/mol. The van der Waals surface area contributed by atoms with Gasteiger partial charge in [-0.05, 0) is 59.9 Å². The van der Waals surface area contributed by atoms with Crippen LogP contribution < -0.4 is 5.32 Å². The fourth-order valence-electron chi connectivity index (χ4n) is 4.37. The van der Waals surface area contributed by atoms with Crippen molar-refractivity contribution in [1.82, 2.24) is 5.32 Å². The van der Waals surface area contributed by atoms with Crippen LogP contribution in [0.15, 0.2) is 109 Å². The van der Waals surface area contributed by atoms with Crippen LogP contribution in [0.4, 0.5) is 0 Å². The number of hydrogen-bond donors (Lipinski definition) is 2. The van der Waals surface area contributed by atoms with Crippen LogP contribution in [-0.4, -0.2) is 17.1 Å². The van der Waals surface area contributed by atoms with E-state index in [0.29, 0.717) is 27.6 Å². The molecule has 0 heterocycles. The van der Waals surface area contributed by atoms with Crippen molar-refractivity contribution in [2.24, 2.45) is 0 Å². The third kappa shape index (κ3) is 5.76. The molecule has 4 aromatic carbocycles. The molecule has 0 bridgehead atoms. The average molecular weight is 504 g/mol. The summed E-state index contributed by atoms with van der Waals surface area (Å²) in [6, 6.07) is 33.1. The lowest BCUT2D eigenvalue weighted by atomic mass is 9.83. The maximum Gasteiger partial charge on any atom is 0.261 e. The molecule has 0 unspecified atom stereocenters. The first-order chi connectivity index (χ1) is 16.9. The Morgan fingerprint density at radius 1 is 0.771 bits per heavy atom. The molecule has 2 atom stereocenters. The summed E-state index contributed by atoms with van der Waals surface area (Å²) >= 11 is 12.2. The average Bonchev–Trinajstić information content (AvgIpc) is 2.89. The zero-order valence-electron chi connectivity index (χ0n) is 19.4. The molecule has 4 rings (SSSR count). The molecule has 0 aliphatic carbocycles. The van der Waals surface area contributed by atoms with Gasteiger partial charge in [-0.25, -0.2) is 0 Å². The third-order valence-electron chi connectivity index (χ3n) is 6.34. The van der Waals surface area contributed by atoms with Crippen LogP contribution >= 0.6 is 23.2 Å². The summed E-state index contributed by atoms with van der Waals surface area (Å²) < 4.78 is 0. The molecular formula is C30H27Cl2NO2. The highest BCUT2D eigenvalue weighted by molar-refractivity contribution is 6.30. The van der Waals surface area contributed by atoms with E-state index in [-0.39, 0.29) is 12.0 Å². The second-order valence-electron chi connectivity index (χ2n) is 8.69. The number of benzene rings is 4. The molecule has 0 saturated carbocycles. The van der Waals surface area contributed by atoms with Gasteiger partial charge in [0, 0.05) is 22.0 Å². The molecule has 0 spiro atoms. The Morgan fingerprint density at radius 3 is 1.71 bits per heavy atom. The number of rotatable bonds is 8. The third-order valence-corrected chi connectivity index (χ3v) is 6.85. The summed E-state index contributed by atoms with van der Waals surface area (Å²) in [6.45, 7) is 1.96. The molecule has 1 amide bonds. The lowest BCUT2D eigenvalue weighted by molar-refractivity contribution is -0.137. The highest BCUT2D eigenvalue weighted by Crippen LogP contribution is 2.32.